The van der Waals surface area contributed by atoms with Crippen LogP contribution in [0.3, 0.4) is 0 Å². The summed E-state index contributed by atoms with van der Waals surface area (Å²) in [4.78, 5) is 4.87. The van der Waals surface area contributed by atoms with Crippen LogP contribution >= 0.6 is 0 Å². The summed E-state index contributed by atoms with van der Waals surface area (Å²) >= 11 is 0. The number of hydrogen-bond acceptors (Lipinski definition) is 7. The van der Waals surface area contributed by atoms with E-state index in [0.29, 0.717) is 11.8 Å². The van der Waals surface area contributed by atoms with E-state index < -0.39 is 0 Å². The first-order chi connectivity index (χ1) is 21.9. The van der Waals surface area contributed by atoms with Crippen LogP contribution in [0.2, 0.25) is 0 Å². The first-order valence-corrected chi connectivity index (χ1v) is 15.7. The molecule has 0 saturated carbocycles. The standard InChI is InChI=1S/C38H46N2O5/c1-27(2)22-39(25-30-9-7-8-10-35(30)42-5)33-14-18-36(43-6)31(21-33)19-28(3)23-40(32-12-15-34(41-4)16-13-32)24-29-11-17-37-38(20-29)45-26-44-37/h7-18,20-21,27-28H,19,22-26H2,1-6H3. The number of fused-ring (bicyclic) bond motifs is 1. The minimum atomic E-state index is 0.270. The fraction of sp³-hybridized carbons (Fsp3) is 0.368. The van der Waals surface area contributed by atoms with E-state index in [1.165, 1.54) is 22.4 Å². The highest BCUT2D eigenvalue weighted by atomic mass is 16.7. The van der Waals surface area contributed by atoms with E-state index in [4.69, 9.17) is 23.7 Å². The molecule has 0 fully saturated rings. The summed E-state index contributed by atoms with van der Waals surface area (Å²) in [7, 11) is 5.19. The van der Waals surface area contributed by atoms with Crippen LogP contribution in [-0.2, 0) is 19.5 Å². The zero-order chi connectivity index (χ0) is 31.8. The van der Waals surface area contributed by atoms with Gasteiger partial charge in [-0.3, -0.25) is 0 Å². The van der Waals surface area contributed by atoms with Crippen LogP contribution in [-0.4, -0.2) is 41.2 Å². The summed E-state index contributed by atoms with van der Waals surface area (Å²) in [5.41, 5.74) is 5.87. The Kier molecular flexibility index (Phi) is 10.6. The van der Waals surface area contributed by atoms with Gasteiger partial charge in [-0.25, -0.2) is 0 Å². The molecular formula is C38H46N2O5. The maximum Gasteiger partial charge on any atom is 0.231 e. The van der Waals surface area contributed by atoms with Gasteiger partial charge in [0.15, 0.2) is 11.5 Å². The van der Waals surface area contributed by atoms with Crippen LogP contribution < -0.4 is 33.5 Å². The molecule has 7 heteroatoms. The van der Waals surface area contributed by atoms with Gasteiger partial charge in [0.1, 0.15) is 17.2 Å². The number of ether oxygens (including phenoxy) is 5. The molecule has 0 saturated heterocycles. The lowest BCUT2D eigenvalue weighted by Gasteiger charge is -2.30. The monoisotopic (exact) mass is 610 g/mol. The second kappa shape index (κ2) is 15.0. The summed E-state index contributed by atoms with van der Waals surface area (Å²) in [6.07, 6.45) is 0.870. The van der Waals surface area contributed by atoms with Crippen LogP contribution in [0.15, 0.2) is 84.9 Å². The van der Waals surface area contributed by atoms with Gasteiger partial charge in [-0.05, 0) is 90.0 Å². The maximum absolute atomic E-state index is 5.88. The molecule has 238 valence electrons. The zero-order valence-corrected chi connectivity index (χ0v) is 27.4. The number of hydrogen-bond donors (Lipinski definition) is 0. The van der Waals surface area contributed by atoms with Crippen molar-refractivity contribution in [1.29, 1.82) is 0 Å². The van der Waals surface area contributed by atoms with Crippen LogP contribution in [0.4, 0.5) is 11.4 Å². The van der Waals surface area contributed by atoms with Crippen molar-refractivity contribution in [3.63, 3.8) is 0 Å². The number of anilines is 2. The SMILES string of the molecule is COc1ccc(N(Cc2ccc3c(c2)OCO3)CC(C)Cc2cc(N(Cc3ccccc3OC)CC(C)C)ccc2OC)cc1. The van der Waals surface area contributed by atoms with Crippen LogP contribution in [0.5, 0.6) is 28.7 Å². The number of nitrogens with zero attached hydrogens (tertiary/aromatic N) is 2. The average Bonchev–Trinajstić information content (AvgIpc) is 3.52. The molecule has 0 spiro atoms. The van der Waals surface area contributed by atoms with Crippen molar-refractivity contribution in [3.8, 4) is 28.7 Å². The van der Waals surface area contributed by atoms with E-state index in [9.17, 15) is 0 Å². The van der Waals surface area contributed by atoms with Gasteiger partial charge in [-0.15, -0.1) is 0 Å². The Morgan fingerprint density at radius 2 is 1.33 bits per heavy atom. The Balaban J connectivity index is 1.38. The molecule has 0 bridgehead atoms. The zero-order valence-electron chi connectivity index (χ0n) is 27.4. The predicted molar refractivity (Wildman–Crippen MR) is 181 cm³/mol. The topological polar surface area (TPSA) is 52.6 Å². The van der Waals surface area contributed by atoms with Gasteiger partial charge in [-0.1, -0.05) is 45.0 Å². The molecule has 0 amide bonds. The highest BCUT2D eigenvalue weighted by molar-refractivity contribution is 5.55. The second-order valence-corrected chi connectivity index (χ2v) is 12.2. The van der Waals surface area contributed by atoms with Crippen LogP contribution in [0.25, 0.3) is 0 Å². The first-order valence-electron chi connectivity index (χ1n) is 15.7. The van der Waals surface area contributed by atoms with Gasteiger partial charge in [0, 0.05) is 43.1 Å². The number of methoxy groups -OCH3 is 3. The van der Waals surface area contributed by atoms with Crippen molar-refractivity contribution in [1.82, 2.24) is 0 Å². The highest BCUT2D eigenvalue weighted by Crippen LogP contribution is 2.34. The third kappa shape index (κ3) is 8.15. The lowest BCUT2D eigenvalue weighted by Crippen LogP contribution is -2.29. The smallest absolute Gasteiger partial charge is 0.231 e. The fourth-order valence-electron chi connectivity index (χ4n) is 5.99. The molecule has 4 aromatic rings. The van der Waals surface area contributed by atoms with E-state index in [-0.39, 0.29) is 6.79 Å². The molecule has 0 radical (unpaired) electrons. The second-order valence-electron chi connectivity index (χ2n) is 12.2. The Morgan fingerprint density at radius 1 is 0.644 bits per heavy atom. The Bertz CT molecular complexity index is 1540. The molecule has 0 aromatic heterocycles. The number of para-hydroxylation sites is 1. The van der Waals surface area contributed by atoms with Crippen LogP contribution in [0.1, 0.15) is 37.5 Å². The lowest BCUT2D eigenvalue weighted by atomic mass is 9.98. The molecule has 4 aromatic carbocycles. The minimum absolute atomic E-state index is 0.270. The van der Waals surface area contributed by atoms with Gasteiger partial charge in [0.05, 0.1) is 21.3 Å². The predicted octanol–water partition coefficient (Wildman–Crippen LogP) is 7.99. The van der Waals surface area contributed by atoms with Gasteiger partial charge >= 0.3 is 0 Å². The average molecular weight is 611 g/mol. The van der Waals surface area contributed by atoms with Gasteiger partial charge in [-0.2, -0.15) is 0 Å². The van der Waals surface area contributed by atoms with Crippen molar-refractivity contribution in [2.45, 2.75) is 40.3 Å². The van der Waals surface area contributed by atoms with Crippen molar-refractivity contribution < 1.29 is 23.7 Å². The molecule has 1 heterocycles. The first kappa shape index (κ1) is 31.9. The molecule has 0 N–H and O–H groups in total. The fourth-order valence-corrected chi connectivity index (χ4v) is 5.99. The summed E-state index contributed by atoms with van der Waals surface area (Å²) in [5, 5.41) is 0. The minimum Gasteiger partial charge on any atom is -0.497 e. The molecule has 1 unspecified atom stereocenters. The summed E-state index contributed by atoms with van der Waals surface area (Å²) < 4.78 is 28.2. The normalized spacial score (nSPS) is 12.6. The van der Waals surface area contributed by atoms with E-state index >= 15 is 0 Å². The molecule has 45 heavy (non-hydrogen) atoms. The summed E-state index contributed by atoms with van der Waals surface area (Å²) in [6, 6.07) is 29.4. The molecular weight excluding hydrogens is 564 g/mol. The highest BCUT2D eigenvalue weighted by Gasteiger charge is 2.20. The van der Waals surface area contributed by atoms with E-state index in [1.54, 1.807) is 21.3 Å². The van der Waals surface area contributed by atoms with E-state index in [0.717, 1.165) is 67.0 Å². The van der Waals surface area contributed by atoms with Crippen molar-refractivity contribution in [2.24, 2.45) is 11.8 Å². The third-order valence-corrected chi connectivity index (χ3v) is 8.12. The molecule has 1 atom stereocenters. The van der Waals surface area contributed by atoms with E-state index in [1.807, 2.05) is 30.3 Å². The lowest BCUT2D eigenvalue weighted by molar-refractivity contribution is 0.174. The number of benzene rings is 4. The summed E-state index contributed by atoms with van der Waals surface area (Å²) in [6.45, 7) is 10.4. The molecule has 7 nitrogen and oxygen atoms in total. The Labute approximate surface area is 268 Å². The van der Waals surface area contributed by atoms with Crippen molar-refractivity contribution in [3.05, 3.63) is 102 Å². The van der Waals surface area contributed by atoms with Gasteiger partial charge in [0.2, 0.25) is 6.79 Å². The van der Waals surface area contributed by atoms with Crippen LogP contribution in [0, 0.1) is 11.8 Å². The van der Waals surface area contributed by atoms with Crippen molar-refractivity contribution in [2.75, 3.05) is 51.0 Å². The summed E-state index contributed by atoms with van der Waals surface area (Å²) in [5.74, 6) is 5.10. The van der Waals surface area contributed by atoms with Crippen molar-refractivity contribution >= 4 is 11.4 Å². The van der Waals surface area contributed by atoms with E-state index in [2.05, 4.69) is 85.2 Å². The molecule has 1 aliphatic heterocycles. The Hall–Kier alpha value is -4.52. The molecule has 1 aliphatic rings. The van der Waals surface area contributed by atoms with Gasteiger partial charge in [0.25, 0.3) is 0 Å². The quantitative estimate of drug-likeness (QED) is 0.135. The Morgan fingerprint density at radius 3 is 2.07 bits per heavy atom. The number of rotatable bonds is 15. The maximum atomic E-state index is 5.88. The third-order valence-electron chi connectivity index (χ3n) is 8.12. The van der Waals surface area contributed by atoms with Gasteiger partial charge < -0.3 is 33.5 Å². The molecule has 0 aliphatic carbocycles. The molecule has 5 rings (SSSR count). The largest absolute Gasteiger partial charge is 0.497 e.